The molecule has 1 saturated heterocycles. The van der Waals surface area contributed by atoms with Gasteiger partial charge in [0, 0.05) is 18.0 Å². The molecule has 2 unspecified atom stereocenters. The summed E-state index contributed by atoms with van der Waals surface area (Å²) in [4.78, 5) is 47.2. The number of alkyl halides is 3. The molecule has 1 aliphatic heterocycles. The molecule has 1 fully saturated rings. The van der Waals surface area contributed by atoms with Crippen molar-refractivity contribution >= 4 is 51.3 Å². The number of fused-ring (bicyclic) bond motifs is 3. The molecule has 2 aromatic carbocycles. The number of hydrogen-bond acceptors (Lipinski definition) is 6. The van der Waals surface area contributed by atoms with E-state index in [4.69, 9.17) is 22.1 Å². The molecule has 0 aliphatic carbocycles. The summed E-state index contributed by atoms with van der Waals surface area (Å²) in [5.74, 6) is -1.99. The first-order chi connectivity index (χ1) is 19.9. The number of pyridine rings is 1. The number of rotatable bonds is 6. The summed E-state index contributed by atoms with van der Waals surface area (Å²) in [6.07, 6.45) is -4.59. The third-order valence-electron chi connectivity index (χ3n) is 7.70. The van der Waals surface area contributed by atoms with Crippen LogP contribution in [-0.2, 0) is 22.1 Å². The molecule has 0 saturated carbocycles. The molecular formula is C28H27ClF3N5O5. The van der Waals surface area contributed by atoms with Gasteiger partial charge in [0.1, 0.15) is 0 Å². The largest absolute Gasteiger partial charge is 0.466 e. The van der Waals surface area contributed by atoms with Crippen molar-refractivity contribution in [1.82, 2.24) is 19.4 Å². The topological polar surface area (TPSA) is 144 Å². The normalized spacial score (nSPS) is 18.4. The van der Waals surface area contributed by atoms with E-state index in [1.165, 1.54) is 10.6 Å². The zero-order valence-corrected chi connectivity index (χ0v) is 23.1. The number of aromatic amines is 1. The number of esters is 1. The van der Waals surface area contributed by atoms with Gasteiger partial charge in [-0.15, -0.1) is 0 Å². The number of anilines is 1. The van der Waals surface area contributed by atoms with Crippen molar-refractivity contribution in [2.75, 3.05) is 18.9 Å². The number of aromatic nitrogens is 3. The highest BCUT2D eigenvalue weighted by Gasteiger charge is 2.42. The number of hydrogen-bond donors (Lipinski definition) is 3. The van der Waals surface area contributed by atoms with Crippen molar-refractivity contribution in [3.63, 3.8) is 0 Å². The maximum Gasteiger partial charge on any atom is 0.418 e. The number of piperidine rings is 1. The molecule has 4 N–H and O–H groups in total. The minimum absolute atomic E-state index is 0.0182. The predicted octanol–water partition coefficient (Wildman–Crippen LogP) is 5.24. The third-order valence-corrected chi connectivity index (χ3v) is 8.01. The highest BCUT2D eigenvalue weighted by atomic mass is 35.5. The highest BCUT2D eigenvalue weighted by Crippen LogP contribution is 2.40. The smallest absolute Gasteiger partial charge is 0.418 e. The fourth-order valence-corrected chi connectivity index (χ4v) is 6.06. The van der Waals surface area contributed by atoms with Gasteiger partial charge in [0.15, 0.2) is 0 Å². The molecule has 1 aliphatic rings. The molecule has 42 heavy (non-hydrogen) atoms. The summed E-state index contributed by atoms with van der Waals surface area (Å²) in [6, 6.07) is 7.73. The number of nitrogens with one attached hydrogen (secondary N) is 1. The van der Waals surface area contributed by atoms with E-state index in [-0.39, 0.29) is 43.0 Å². The Morgan fingerprint density at radius 2 is 2.02 bits per heavy atom. The molecule has 222 valence electrons. The van der Waals surface area contributed by atoms with Crippen LogP contribution in [0, 0.1) is 5.92 Å². The number of benzene rings is 2. The fraction of sp³-hybridized carbons (Fsp3) is 0.357. The molecule has 14 heteroatoms. The minimum atomic E-state index is -4.80. The Morgan fingerprint density at radius 1 is 1.29 bits per heavy atom. The van der Waals surface area contributed by atoms with Gasteiger partial charge in [-0.25, -0.2) is 9.59 Å². The lowest BCUT2D eigenvalue weighted by atomic mass is 9.83. The van der Waals surface area contributed by atoms with Crippen LogP contribution in [0.1, 0.15) is 36.9 Å². The summed E-state index contributed by atoms with van der Waals surface area (Å²) in [6.45, 7) is 1.50. The molecule has 5 rings (SSSR count). The lowest BCUT2D eigenvalue weighted by Gasteiger charge is -2.41. The number of carbonyl (C=O) groups is 2. The molecular weight excluding hydrogens is 579 g/mol. The Bertz CT molecular complexity index is 1740. The van der Waals surface area contributed by atoms with E-state index >= 15 is 0 Å². The van der Waals surface area contributed by atoms with Gasteiger partial charge in [-0.3, -0.25) is 14.3 Å². The lowest BCUT2D eigenvalue weighted by molar-refractivity contribution is -0.151. The van der Waals surface area contributed by atoms with Crippen LogP contribution in [0.4, 0.5) is 23.7 Å². The Hall–Kier alpha value is -4.26. The lowest BCUT2D eigenvalue weighted by Crippen LogP contribution is -2.52. The number of para-hydroxylation sites is 1. The minimum Gasteiger partial charge on any atom is -0.466 e. The maximum absolute atomic E-state index is 13.7. The summed E-state index contributed by atoms with van der Waals surface area (Å²) in [5.41, 5.74) is 5.14. The molecule has 10 nitrogen and oxygen atoms in total. The quantitative estimate of drug-likeness (QED) is 0.201. The summed E-state index contributed by atoms with van der Waals surface area (Å²) >= 11 is 6.03. The second kappa shape index (κ2) is 11.2. The summed E-state index contributed by atoms with van der Waals surface area (Å²) in [5, 5.41) is 10.4. The molecule has 4 aromatic rings. The number of imidazole rings is 1. The number of H-pyrrole nitrogens is 1. The van der Waals surface area contributed by atoms with Crippen LogP contribution in [0.2, 0.25) is 5.02 Å². The zero-order valence-electron chi connectivity index (χ0n) is 22.3. The summed E-state index contributed by atoms with van der Waals surface area (Å²) in [7, 11) is 0. The van der Waals surface area contributed by atoms with Gasteiger partial charge in [0.2, 0.25) is 0 Å². The number of carbonyl (C=O) groups excluding carboxylic acids is 1. The van der Waals surface area contributed by atoms with Crippen molar-refractivity contribution < 1.29 is 32.6 Å². The van der Waals surface area contributed by atoms with Gasteiger partial charge in [-0.1, -0.05) is 29.8 Å². The van der Waals surface area contributed by atoms with Crippen LogP contribution >= 0.6 is 11.6 Å². The van der Waals surface area contributed by atoms with Crippen LogP contribution in [0.3, 0.4) is 0 Å². The van der Waals surface area contributed by atoms with Crippen molar-refractivity contribution in [3.05, 3.63) is 69.2 Å². The number of ether oxygens (including phenoxy) is 1. The first-order valence-corrected chi connectivity index (χ1v) is 13.6. The first-order valence-electron chi connectivity index (χ1n) is 13.2. The number of nitrogens with two attached hydrogens (primary N) is 1. The average molecular weight is 606 g/mol. The average Bonchev–Trinajstić information content (AvgIpc) is 3.28. The van der Waals surface area contributed by atoms with E-state index in [0.717, 1.165) is 16.4 Å². The second-order valence-electron chi connectivity index (χ2n) is 10.2. The number of carboxylic acid groups (broad SMARTS) is 1. The van der Waals surface area contributed by atoms with Crippen LogP contribution in [0.25, 0.3) is 21.9 Å². The van der Waals surface area contributed by atoms with Gasteiger partial charge >= 0.3 is 23.9 Å². The van der Waals surface area contributed by atoms with Crippen LogP contribution in [-0.4, -0.2) is 55.8 Å². The standard InChI is InChI=1S/C28H27ClF3N5O5/c1-2-42-25(38)17(9-14-10-18(28(30,31)32)23(33)19(29)11-14)21-12-15(7-8-36(21)27(40)41)37-22-13-34-20-6-4-3-5-16(20)24(22)35-26(37)39/h3-6,10-11,13,15,17,21H,2,7-9,12,33H2,1H3,(H,35,39)(H,40,41)/t15?,17?,21-/m1/s1. The van der Waals surface area contributed by atoms with E-state index < -0.39 is 53.2 Å². The monoisotopic (exact) mass is 605 g/mol. The molecule has 0 bridgehead atoms. The fourth-order valence-electron chi connectivity index (χ4n) is 5.82. The summed E-state index contributed by atoms with van der Waals surface area (Å²) < 4.78 is 47.7. The van der Waals surface area contributed by atoms with Crippen LogP contribution in [0.5, 0.6) is 0 Å². The Morgan fingerprint density at radius 3 is 2.71 bits per heavy atom. The van der Waals surface area contributed by atoms with Crippen LogP contribution < -0.4 is 11.4 Å². The SMILES string of the molecule is CCOC(=O)C(Cc1cc(Cl)c(N)c(C(F)(F)F)c1)[C@H]1CC(n2c(=O)[nH]c3c4ccccc4ncc32)CCN1C(=O)O. The number of nitrogens with zero attached hydrogens (tertiary/aromatic N) is 3. The van der Waals surface area contributed by atoms with Crippen molar-refractivity contribution in [1.29, 1.82) is 0 Å². The number of nitrogen functional groups attached to an aromatic ring is 1. The molecule has 0 spiro atoms. The predicted molar refractivity (Wildman–Crippen MR) is 149 cm³/mol. The number of halogens is 4. The third kappa shape index (κ3) is 5.36. The van der Waals surface area contributed by atoms with E-state index in [0.29, 0.717) is 16.6 Å². The zero-order chi connectivity index (χ0) is 30.3. The van der Waals surface area contributed by atoms with Gasteiger partial charge < -0.3 is 25.5 Å². The van der Waals surface area contributed by atoms with Gasteiger partial charge in [0.25, 0.3) is 0 Å². The van der Waals surface area contributed by atoms with Crippen LogP contribution in [0.15, 0.2) is 47.4 Å². The molecule has 3 heterocycles. The maximum atomic E-state index is 13.7. The van der Waals surface area contributed by atoms with Crippen molar-refractivity contribution in [3.8, 4) is 0 Å². The van der Waals surface area contributed by atoms with E-state index in [2.05, 4.69) is 9.97 Å². The van der Waals surface area contributed by atoms with Crippen molar-refractivity contribution in [2.45, 2.75) is 44.4 Å². The molecule has 2 aromatic heterocycles. The van der Waals surface area contributed by atoms with E-state index in [1.54, 1.807) is 13.1 Å². The molecule has 1 amide bonds. The molecule has 0 radical (unpaired) electrons. The second-order valence-corrected chi connectivity index (χ2v) is 10.6. The Labute approximate surface area is 241 Å². The number of likely N-dealkylation sites (tertiary alicyclic amines) is 1. The van der Waals surface area contributed by atoms with E-state index in [1.807, 2.05) is 24.3 Å². The van der Waals surface area contributed by atoms with Gasteiger partial charge in [-0.2, -0.15) is 13.2 Å². The highest BCUT2D eigenvalue weighted by molar-refractivity contribution is 6.33. The van der Waals surface area contributed by atoms with Gasteiger partial charge in [0.05, 0.1) is 57.6 Å². The number of amides is 1. The Balaban J connectivity index is 1.57. The first kappa shape index (κ1) is 29.2. The molecule has 3 atom stereocenters. The van der Waals surface area contributed by atoms with E-state index in [9.17, 15) is 32.7 Å². The van der Waals surface area contributed by atoms with Crippen molar-refractivity contribution in [2.24, 2.45) is 5.92 Å². The van der Waals surface area contributed by atoms with Gasteiger partial charge in [-0.05, 0) is 49.9 Å². The Kier molecular flexibility index (Phi) is 7.80.